The van der Waals surface area contributed by atoms with E-state index in [9.17, 15) is 17.6 Å². The van der Waals surface area contributed by atoms with E-state index >= 15 is 0 Å². The van der Waals surface area contributed by atoms with E-state index in [0.717, 1.165) is 23.3 Å². The van der Waals surface area contributed by atoms with Crippen molar-refractivity contribution >= 4 is 21.6 Å². The van der Waals surface area contributed by atoms with Gasteiger partial charge in [-0.3, -0.25) is 4.79 Å². The number of anilines is 1. The first-order chi connectivity index (χ1) is 13.3. The summed E-state index contributed by atoms with van der Waals surface area (Å²) in [6.45, 7) is 4.88. The number of para-hydroxylation sites is 1. The van der Waals surface area contributed by atoms with Gasteiger partial charge in [-0.2, -0.15) is 4.31 Å². The number of hydrogen-bond acceptors (Lipinski definition) is 4. The third kappa shape index (κ3) is 4.09. The summed E-state index contributed by atoms with van der Waals surface area (Å²) in [5.74, 6) is -1.45. The van der Waals surface area contributed by atoms with Crippen LogP contribution in [0.5, 0.6) is 0 Å². The van der Waals surface area contributed by atoms with Gasteiger partial charge in [-0.15, -0.1) is 0 Å². The lowest BCUT2D eigenvalue weighted by Gasteiger charge is -2.26. The summed E-state index contributed by atoms with van der Waals surface area (Å²) in [7, 11) is -3.82. The second kappa shape index (κ2) is 8.38. The first-order valence-electron chi connectivity index (χ1n) is 9.12. The van der Waals surface area contributed by atoms with Crippen LogP contribution in [-0.4, -0.2) is 44.9 Å². The molecule has 8 heteroatoms. The van der Waals surface area contributed by atoms with Crippen LogP contribution in [0, 0.1) is 12.7 Å². The van der Waals surface area contributed by atoms with E-state index in [2.05, 4.69) is 5.32 Å². The Bertz CT molecular complexity index is 986. The fraction of sp³-hybridized carbons (Fsp3) is 0.350. The average molecular weight is 406 g/mol. The highest BCUT2D eigenvalue weighted by Crippen LogP contribution is 2.24. The van der Waals surface area contributed by atoms with Crippen LogP contribution in [-0.2, 0) is 21.2 Å². The largest absolute Gasteiger partial charge is 0.379 e. The number of hydrogen-bond donors (Lipinski definition) is 1. The first-order valence-corrected chi connectivity index (χ1v) is 10.6. The fourth-order valence-corrected chi connectivity index (χ4v) is 4.59. The molecule has 0 unspecified atom stereocenters. The minimum Gasteiger partial charge on any atom is -0.379 e. The topological polar surface area (TPSA) is 75.7 Å². The van der Waals surface area contributed by atoms with Gasteiger partial charge in [0.15, 0.2) is 0 Å². The smallest absolute Gasteiger partial charge is 0.258 e. The minimum atomic E-state index is -3.82. The minimum absolute atomic E-state index is 0.110. The van der Waals surface area contributed by atoms with Gasteiger partial charge in [0.05, 0.1) is 23.7 Å². The molecule has 0 bridgehead atoms. The zero-order valence-electron chi connectivity index (χ0n) is 15.9. The summed E-state index contributed by atoms with van der Waals surface area (Å²) in [6, 6.07) is 8.92. The lowest BCUT2D eigenvalue weighted by molar-refractivity contribution is 0.0730. The van der Waals surface area contributed by atoms with Crippen LogP contribution in [0.1, 0.15) is 28.4 Å². The number of rotatable bonds is 5. The molecule has 150 valence electrons. The number of benzene rings is 2. The Morgan fingerprint density at radius 2 is 1.93 bits per heavy atom. The van der Waals surface area contributed by atoms with Crippen molar-refractivity contribution in [1.29, 1.82) is 0 Å². The molecule has 0 spiro atoms. The van der Waals surface area contributed by atoms with Gasteiger partial charge in [-0.1, -0.05) is 25.1 Å². The summed E-state index contributed by atoms with van der Waals surface area (Å²) in [6.07, 6.45) is 0.700. The van der Waals surface area contributed by atoms with Crippen molar-refractivity contribution in [3.05, 3.63) is 58.9 Å². The van der Waals surface area contributed by atoms with Crippen LogP contribution in [0.4, 0.5) is 10.1 Å². The standard InChI is InChI=1S/C20H23FN2O4S/c1-3-15-6-4-5-14(2)19(15)22-20(24)17-13-16(7-8-18(17)21)28(25,26)23-9-11-27-12-10-23/h4-8,13H,3,9-12H2,1-2H3,(H,22,24). The van der Waals surface area contributed by atoms with Crippen molar-refractivity contribution in [3.8, 4) is 0 Å². The van der Waals surface area contributed by atoms with Crippen molar-refractivity contribution in [2.75, 3.05) is 31.6 Å². The van der Waals surface area contributed by atoms with Crippen molar-refractivity contribution in [2.24, 2.45) is 0 Å². The molecule has 2 aromatic carbocycles. The van der Waals surface area contributed by atoms with Crippen molar-refractivity contribution < 1.29 is 22.3 Å². The molecule has 2 aromatic rings. The lowest BCUT2D eigenvalue weighted by atomic mass is 10.1. The molecule has 28 heavy (non-hydrogen) atoms. The number of carbonyl (C=O) groups excluding carboxylic acids is 1. The molecular formula is C20H23FN2O4S. The molecule has 1 aliphatic rings. The maximum atomic E-state index is 14.3. The number of aryl methyl sites for hydroxylation is 2. The number of halogens is 1. The molecule has 0 aromatic heterocycles. The Labute approximate surface area is 164 Å². The molecule has 6 nitrogen and oxygen atoms in total. The summed E-state index contributed by atoms with van der Waals surface area (Å²) >= 11 is 0. The van der Waals surface area contributed by atoms with Gasteiger partial charge in [0.25, 0.3) is 5.91 Å². The zero-order valence-corrected chi connectivity index (χ0v) is 16.7. The molecule has 1 saturated heterocycles. The van der Waals surface area contributed by atoms with Crippen LogP contribution in [0.15, 0.2) is 41.3 Å². The summed E-state index contributed by atoms with van der Waals surface area (Å²) in [4.78, 5) is 12.6. The van der Waals surface area contributed by atoms with Gasteiger partial charge in [-0.25, -0.2) is 12.8 Å². The first kappa shape index (κ1) is 20.4. The molecule has 1 amide bonds. The predicted octanol–water partition coefficient (Wildman–Crippen LogP) is 2.97. The third-order valence-corrected chi connectivity index (χ3v) is 6.66. The number of sulfonamides is 1. The molecular weight excluding hydrogens is 383 g/mol. The Morgan fingerprint density at radius 3 is 2.61 bits per heavy atom. The van der Waals surface area contributed by atoms with Crippen LogP contribution in [0.2, 0.25) is 0 Å². The van der Waals surface area contributed by atoms with Crippen LogP contribution < -0.4 is 5.32 Å². The predicted molar refractivity (Wildman–Crippen MR) is 104 cm³/mol. The highest BCUT2D eigenvalue weighted by Gasteiger charge is 2.28. The van der Waals surface area contributed by atoms with E-state index in [1.165, 1.54) is 10.4 Å². The van der Waals surface area contributed by atoms with E-state index in [1.807, 2.05) is 32.0 Å². The molecule has 0 radical (unpaired) electrons. The Hall–Kier alpha value is -2.29. The fourth-order valence-electron chi connectivity index (χ4n) is 3.16. The molecule has 3 rings (SSSR count). The molecule has 1 fully saturated rings. The molecule has 0 atom stereocenters. The molecule has 0 aliphatic carbocycles. The van der Waals surface area contributed by atoms with E-state index in [1.54, 1.807) is 0 Å². The van der Waals surface area contributed by atoms with Gasteiger partial charge in [0, 0.05) is 18.8 Å². The van der Waals surface area contributed by atoms with Crippen LogP contribution >= 0.6 is 0 Å². The second-order valence-corrected chi connectivity index (χ2v) is 8.51. The van der Waals surface area contributed by atoms with Gasteiger partial charge in [0.2, 0.25) is 10.0 Å². The zero-order chi connectivity index (χ0) is 20.3. The number of amides is 1. The molecule has 1 N–H and O–H groups in total. The third-order valence-electron chi connectivity index (χ3n) is 4.77. The van der Waals surface area contributed by atoms with Gasteiger partial charge in [0.1, 0.15) is 5.82 Å². The highest BCUT2D eigenvalue weighted by atomic mass is 32.2. The molecule has 1 aliphatic heterocycles. The Balaban J connectivity index is 1.93. The van der Waals surface area contributed by atoms with Crippen molar-refractivity contribution in [2.45, 2.75) is 25.2 Å². The quantitative estimate of drug-likeness (QED) is 0.828. The normalized spacial score (nSPS) is 15.4. The van der Waals surface area contributed by atoms with Gasteiger partial charge < -0.3 is 10.1 Å². The average Bonchev–Trinajstić information content (AvgIpc) is 2.70. The number of nitrogens with one attached hydrogen (secondary N) is 1. The van der Waals surface area contributed by atoms with Crippen molar-refractivity contribution in [1.82, 2.24) is 4.31 Å². The van der Waals surface area contributed by atoms with E-state index in [0.29, 0.717) is 25.3 Å². The Morgan fingerprint density at radius 1 is 1.21 bits per heavy atom. The van der Waals surface area contributed by atoms with Gasteiger partial charge in [-0.05, 0) is 42.7 Å². The monoisotopic (exact) mass is 406 g/mol. The van der Waals surface area contributed by atoms with E-state index in [4.69, 9.17) is 4.74 Å². The number of nitrogens with zero attached hydrogens (tertiary/aromatic N) is 1. The SMILES string of the molecule is CCc1cccc(C)c1NC(=O)c1cc(S(=O)(=O)N2CCOCC2)ccc1F. The highest BCUT2D eigenvalue weighted by molar-refractivity contribution is 7.89. The lowest BCUT2D eigenvalue weighted by Crippen LogP contribution is -2.40. The van der Waals surface area contributed by atoms with Crippen LogP contribution in [0.3, 0.4) is 0 Å². The maximum absolute atomic E-state index is 14.3. The molecule has 1 heterocycles. The second-order valence-electron chi connectivity index (χ2n) is 6.57. The number of morpholine rings is 1. The van der Waals surface area contributed by atoms with E-state index < -0.39 is 21.7 Å². The summed E-state index contributed by atoms with van der Waals surface area (Å²) in [5.41, 5.74) is 2.09. The number of ether oxygens (including phenoxy) is 1. The van der Waals surface area contributed by atoms with E-state index in [-0.39, 0.29) is 23.5 Å². The van der Waals surface area contributed by atoms with Crippen LogP contribution in [0.25, 0.3) is 0 Å². The maximum Gasteiger partial charge on any atom is 0.258 e. The molecule has 0 saturated carbocycles. The summed E-state index contributed by atoms with van der Waals surface area (Å²) < 4.78 is 46.4. The summed E-state index contributed by atoms with van der Waals surface area (Å²) in [5, 5.41) is 2.74. The van der Waals surface area contributed by atoms with Crippen molar-refractivity contribution in [3.63, 3.8) is 0 Å². The Kier molecular flexibility index (Phi) is 6.12. The van der Waals surface area contributed by atoms with Gasteiger partial charge >= 0.3 is 0 Å². The number of carbonyl (C=O) groups is 1.